The first-order chi connectivity index (χ1) is 9.34. The second-order valence-electron chi connectivity index (χ2n) is 5.54. The van der Waals surface area contributed by atoms with Crippen molar-refractivity contribution in [2.75, 3.05) is 19.6 Å². The predicted molar refractivity (Wildman–Crippen MR) is 72.6 cm³/mol. The third-order valence-corrected chi connectivity index (χ3v) is 4.18. The molecule has 0 aliphatic carbocycles. The van der Waals surface area contributed by atoms with Gasteiger partial charge in [0, 0.05) is 25.3 Å². The highest BCUT2D eigenvalue weighted by Crippen LogP contribution is 2.22. The lowest BCUT2D eigenvalue weighted by atomic mass is 10.1. The van der Waals surface area contributed by atoms with Crippen LogP contribution in [0, 0.1) is 0 Å². The lowest BCUT2D eigenvalue weighted by molar-refractivity contribution is -0.132. The normalized spacial score (nSPS) is 23.8. The quantitative estimate of drug-likeness (QED) is 0.894. The van der Waals surface area contributed by atoms with Crippen LogP contribution in [-0.4, -0.2) is 40.0 Å². The smallest absolute Gasteiger partial charge is 0.242 e. The van der Waals surface area contributed by atoms with Crippen LogP contribution in [0.3, 0.4) is 0 Å². The minimum atomic E-state index is 0.233. The lowest BCUT2D eigenvalue weighted by Gasteiger charge is -2.27. The van der Waals surface area contributed by atoms with E-state index in [0.717, 1.165) is 44.6 Å². The van der Waals surface area contributed by atoms with Gasteiger partial charge in [-0.3, -0.25) is 4.79 Å². The maximum atomic E-state index is 12.3. The Labute approximate surface area is 114 Å². The number of nitrogens with zero attached hydrogens (tertiary/aromatic N) is 3. The highest BCUT2D eigenvalue weighted by molar-refractivity contribution is 5.76. The molecule has 5 heteroatoms. The van der Waals surface area contributed by atoms with Crippen molar-refractivity contribution in [1.29, 1.82) is 0 Å². The number of amides is 1. The van der Waals surface area contributed by atoms with Crippen molar-refractivity contribution in [3.05, 3.63) is 18.2 Å². The van der Waals surface area contributed by atoms with Crippen molar-refractivity contribution in [1.82, 2.24) is 19.8 Å². The van der Waals surface area contributed by atoms with Gasteiger partial charge in [0.15, 0.2) is 0 Å². The molecule has 19 heavy (non-hydrogen) atoms. The molecule has 2 fully saturated rings. The molecule has 2 aliphatic rings. The second-order valence-corrected chi connectivity index (χ2v) is 5.54. The minimum absolute atomic E-state index is 0.233. The molecule has 1 N–H and O–H groups in total. The van der Waals surface area contributed by atoms with E-state index in [9.17, 15) is 4.79 Å². The molecular formula is C14H22N4O. The van der Waals surface area contributed by atoms with Crippen LogP contribution in [0.15, 0.2) is 12.5 Å². The van der Waals surface area contributed by atoms with Gasteiger partial charge in [-0.15, -0.1) is 0 Å². The van der Waals surface area contributed by atoms with E-state index in [0.29, 0.717) is 12.6 Å². The SMILES string of the molecule is O=C(Cn1cncc1[C@@H]1CCCN1)N1CCCCC1. The zero-order valence-electron chi connectivity index (χ0n) is 11.3. The molecule has 1 amide bonds. The molecule has 3 rings (SSSR count). The summed E-state index contributed by atoms with van der Waals surface area (Å²) in [5.74, 6) is 0.233. The van der Waals surface area contributed by atoms with Crippen LogP contribution in [0.5, 0.6) is 0 Å². The maximum Gasteiger partial charge on any atom is 0.242 e. The number of carbonyl (C=O) groups excluding carboxylic acids is 1. The average Bonchev–Trinajstić information content (AvgIpc) is 3.10. The van der Waals surface area contributed by atoms with Crippen molar-refractivity contribution >= 4 is 5.91 Å². The molecule has 3 heterocycles. The summed E-state index contributed by atoms with van der Waals surface area (Å²) in [5, 5.41) is 3.47. The number of likely N-dealkylation sites (tertiary alicyclic amines) is 1. The van der Waals surface area contributed by atoms with Gasteiger partial charge in [-0.25, -0.2) is 4.98 Å². The molecule has 2 saturated heterocycles. The summed E-state index contributed by atoms with van der Waals surface area (Å²) in [6.45, 7) is 3.35. The number of carbonyl (C=O) groups is 1. The lowest BCUT2D eigenvalue weighted by Crippen LogP contribution is -2.38. The largest absolute Gasteiger partial charge is 0.341 e. The predicted octanol–water partition coefficient (Wildman–Crippen LogP) is 1.32. The van der Waals surface area contributed by atoms with Gasteiger partial charge < -0.3 is 14.8 Å². The van der Waals surface area contributed by atoms with Gasteiger partial charge in [-0.05, 0) is 38.6 Å². The first kappa shape index (κ1) is 12.7. The summed E-state index contributed by atoms with van der Waals surface area (Å²) < 4.78 is 2.01. The molecule has 0 radical (unpaired) electrons. The van der Waals surface area contributed by atoms with Crippen LogP contribution in [0.1, 0.15) is 43.8 Å². The number of hydrogen-bond donors (Lipinski definition) is 1. The van der Waals surface area contributed by atoms with E-state index in [-0.39, 0.29) is 5.91 Å². The molecule has 0 unspecified atom stereocenters. The number of imidazole rings is 1. The summed E-state index contributed by atoms with van der Waals surface area (Å²) in [6, 6.07) is 0.372. The highest BCUT2D eigenvalue weighted by Gasteiger charge is 2.22. The number of aromatic nitrogens is 2. The van der Waals surface area contributed by atoms with Crippen LogP contribution in [0.2, 0.25) is 0 Å². The molecule has 0 aromatic carbocycles. The minimum Gasteiger partial charge on any atom is -0.341 e. The molecule has 1 aromatic rings. The van der Waals surface area contributed by atoms with Gasteiger partial charge in [0.25, 0.3) is 0 Å². The average molecular weight is 262 g/mol. The molecule has 2 aliphatic heterocycles. The van der Waals surface area contributed by atoms with Crippen LogP contribution >= 0.6 is 0 Å². The maximum absolute atomic E-state index is 12.3. The Bertz CT molecular complexity index is 430. The summed E-state index contributed by atoms with van der Waals surface area (Å²) in [6.07, 6.45) is 9.58. The Balaban J connectivity index is 1.65. The molecule has 104 valence electrons. The monoisotopic (exact) mass is 262 g/mol. The summed E-state index contributed by atoms with van der Waals surface area (Å²) in [5.41, 5.74) is 1.16. The number of rotatable bonds is 3. The summed E-state index contributed by atoms with van der Waals surface area (Å²) >= 11 is 0. The van der Waals surface area contributed by atoms with Crippen LogP contribution < -0.4 is 5.32 Å². The fourth-order valence-electron chi connectivity index (χ4n) is 3.08. The Hall–Kier alpha value is -1.36. The zero-order chi connectivity index (χ0) is 13.1. The Morgan fingerprint density at radius 3 is 2.89 bits per heavy atom. The third kappa shape index (κ3) is 2.81. The summed E-state index contributed by atoms with van der Waals surface area (Å²) in [4.78, 5) is 18.5. The number of piperidine rings is 1. The van der Waals surface area contributed by atoms with Gasteiger partial charge in [0.05, 0.1) is 12.0 Å². The van der Waals surface area contributed by atoms with E-state index in [4.69, 9.17) is 0 Å². The number of nitrogens with one attached hydrogen (secondary N) is 1. The van der Waals surface area contributed by atoms with Gasteiger partial charge in [0.1, 0.15) is 6.54 Å². The summed E-state index contributed by atoms with van der Waals surface area (Å²) in [7, 11) is 0. The molecule has 0 spiro atoms. The topological polar surface area (TPSA) is 50.2 Å². The highest BCUT2D eigenvalue weighted by atomic mass is 16.2. The van der Waals surface area contributed by atoms with E-state index in [1.54, 1.807) is 6.33 Å². The molecule has 1 atom stereocenters. The first-order valence-corrected chi connectivity index (χ1v) is 7.36. The van der Waals surface area contributed by atoms with Crippen LogP contribution in [-0.2, 0) is 11.3 Å². The Kier molecular flexibility index (Phi) is 3.82. The van der Waals surface area contributed by atoms with Gasteiger partial charge in [-0.2, -0.15) is 0 Å². The van der Waals surface area contributed by atoms with Crippen molar-refractivity contribution in [3.8, 4) is 0 Å². The van der Waals surface area contributed by atoms with E-state index in [1.807, 2.05) is 15.7 Å². The Morgan fingerprint density at radius 1 is 1.32 bits per heavy atom. The van der Waals surface area contributed by atoms with E-state index < -0.39 is 0 Å². The zero-order valence-corrected chi connectivity index (χ0v) is 11.3. The van der Waals surface area contributed by atoms with Gasteiger partial charge >= 0.3 is 0 Å². The standard InChI is InChI=1S/C14H22N4O/c19-14(17-7-2-1-3-8-17)10-18-11-15-9-13(18)12-5-4-6-16-12/h9,11-12,16H,1-8,10H2/t12-/m0/s1. The van der Waals surface area contributed by atoms with Gasteiger partial charge in [-0.1, -0.05) is 0 Å². The third-order valence-electron chi connectivity index (χ3n) is 4.18. The van der Waals surface area contributed by atoms with Crippen LogP contribution in [0.4, 0.5) is 0 Å². The molecule has 1 aromatic heterocycles. The number of hydrogen-bond acceptors (Lipinski definition) is 3. The van der Waals surface area contributed by atoms with E-state index >= 15 is 0 Å². The van der Waals surface area contributed by atoms with Crippen molar-refractivity contribution in [2.45, 2.75) is 44.7 Å². The fraction of sp³-hybridized carbons (Fsp3) is 0.714. The molecular weight excluding hydrogens is 240 g/mol. The Morgan fingerprint density at radius 2 is 2.16 bits per heavy atom. The molecule has 5 nitrogen and oxygen atoms in total. The van der Waals surface area contributed by atoms with Gasteiger partial charge in [0.2, 0.25) is 5.91 Å². The van der Waals surface area contributed by atoms with Crippen molar-refractivity contribution in [2.24, 2.45) is 0 Å². The molecule has 0 bridgehead atoms. The first-order valence-electron chi connectivity index (χ1n) is 7.36. The molecule has 0 saturated carbocycles. The van der Waals surface area contributed by atoms with Crippen molar-refractivity contribution < 1.29 is 4.79 Å². The van der Waals surface area contributed by atoms with E-state index in [1.165, 1.54) is 12.8 Å². The van der Waals surface area contributed by atoms with E-state index in [2.05, 4.69) is 10.3 Å². The van der Waals surface area contributed by atoms with Crippen LogP contribution in [0.25, 0.3) is 0 Å². The second kappa shape index (κ2) is 5.74. The van der Waals surface area contributed by atoms with Crippen molar-refractivity contribution in [3.63, 3.8) is 0 Å². The fourth-order valence-corrected chi connectivity index (χ4v) is 3.08.